The first-order chi connectivity index (χ1) is 6.45. The van der Waals surface area contributed by atoms with E-state index in [9.17, 15) is 13.2 Å². The second-order valence-corrected chi connectivity index (χ2v) is 3.46. The van der Waals surface area contributed by atoms with Crippen LogP contribution in [0.25, 0.3) is 0 Å². The normalized spacial score (nSPS) is 11.5. The zero-order chi connectivity index (χ0) is 10.8. The maximum Gasteiger partial charge on any atom is 0.486 e. The SMILES string of the molecule is CCN(c1ccc(Br)cn1)C(F)(F)F. The Bertz CT molecular complexity index is 296. The van der Waals surface area contributed by atoms with Gasteiger partial charge in [0, 0.05) is 17.2 Å². The molecule has 0 N–H and O–H groups in total. The molecule has 0 bridgehead atoms. The van der Waals surface area contributed by atoms with Crippen molar-refractivity contribution in [1.29, 1.82) is 0 Å². The van der Waals surface area contributed by atoms with E-state index in [0.717, 1.165) is 0 Å². The molecular formula is C8H8BrF3N2. The van der Waals surface area contributed by atoms with Gasteiger partial charge in [-0.1, -0.05) is 0 Å². The molecule has 0 aliphatic carbocycles. The zero-order valence-electron chi connectivity index (χ0n) is 7.35. The van der Waals surface area contributed by atoms with E-state index < -0.39 is 6.30 Å². The molecule has 1 aromatic rings. The maximum absolute atomic E-state index is 12.4. The molecule has 1 aromatic heterocycles. The molecule has 0 aliphatic heterocycles. The van der Waals surface area contributed by atoms with Crippen LogP contribution in [0, 0.1) is 0 Å². The van der Waals surface area contributed by atoms with Gasteiger partial charge in [0.2, 0.25) is 0 Å². The van der Waals surface area contributed by atoms with Crippen LogP contribution in [0.3, 0.4) is 0 Å². The molecule has 78 valence electrons. The van der Waals surface area contributed by atoms with Gasteiger partial charge in [0.1, 0.15) is 5.82 Å². The zero-order valence-corrected chi connectivity index (χ0v) is 8.93. The van der Waals surface area contributed by atoms with Crippen molar-refractivity contribution in [3.8, 4) is 0 Å². The fourth-order valence-corrected chi connectivity index (χ4v) is 1.23. The van der Waals surface area contributed by atoms with Gasteiger partial charge in [-0.25, -0.2) is 4.98 Å². The highest BCUT2D eigenvalue weighted by Gasteiger charge is 2.36. The van der Waals surface area contributed by atoms with Crippen LogP contribution in [0.15, 0.2) is 22.8 Å². The van der Waals surface area contributed by atoms with Gasteiger partial charge in [-0.3, -0.25) is 4.90 Å². The summed E-state index contributed by atoms with van der Waals surface area (Å²) in [6.45, 7) is 1.27. The molecule has 1 heterocycles. The third-order valence-corrected chi connectivity index (χ3v) is 2.08. The first-order valence-corrected chi connectivity index (χ1v) is 4.70. The average Bonchev–Trinajstić information content (AvgIpc) is 2.07. The molecule has 0 aliphatic rings. The number of rotatable bonds is 2. The molecule has 0 atom stereocenters. The Balaban J connectivity index is 2.96. The van der Waals surface area contributed by atoms with Gasteiger partial charge in [0.15, 0.2) is 0 Å². The summed E-state index contributed by atoms with van der Waals surface area (Å²) < 4.78 is 37.8. The fraction of sp³-hybridized carbons (Fsp3) is 0.375. The van der Waals surface area contributed by atoms with E-state index in [0.29, 0.717) is 4.47 Å². The Morgan fingerprint density at radius 1 is 1.43 bits per heavy atom. The molecule has 0 fully saturated rings. The van der Waals surface area contributed by atoms with Gasteiger partial charge >= 0.3 is 6.30 Å². The van der Waals surface area contributed by atoms with Gasteiger partial charge in [-0.2, -0.15) is 13.2 Å². The number of hydrogen-bond acceptors (Lipinski definition) is 2. The van der Waals surface area contributed by atoms with Crippen LogP contribution < -0.4 is 4.90 Å². The first-order valence-electron chi connectivity index (χ1n) is 3.91. The van der Waals surface area contributed by atoms with Crippen molar-refractivity contribution in [2.45, 2.75) is 13.2 Å². The van der Waals surface area contributed by atoms with Crippen LogP contribution in [0.2, 0.25) is 0 Å². The van der Waals surface area contributed by atoms with Gasteiger partial charge in [0.05, 0.1) is 0 Å². The van der Waals surface area contributed by atoms with Gasteiger partial charge in [-0.15, -0.1) is 0 Å². The Morgan fingerprint density at radius 2 is 2.07 bits per heavy atom. The lowest BCUT2D eigenvalue weighted by molar-refractivity contribution is -0.129. The van der Waals surface area contributed by atoms with Crippen LogP contribution >= 0.6 is 15.9 Å². The van der Waals surface area contributed by atoms with Crippen molar-refractivity contribution in [2.24, 2.45) is 0 Å². The van der Waals surface area contributed by atoms with E-state index in [1.165, 1.54) is 25.3 Å². The highest BCUT2D eigenvalue weighted by atomic mass is 79.9. The fourth-order valence-electron chi connectivity index (χ4n) is 0.999. The number of halogens is 4. The standard InChI is InChI=1S/C8H8BrF3N2/c1-2-14(8(10,11)12)7-4-3-6(9)5-13-7/h3-5H,2H2,1H3. The third-order valence-electron chi connectivity index (χ3n) is 1.61. The molecule has 6 heteroatoms. The van der Waals surface area contributed by atoms with Crippen molar-refractivity contribution >= 4 is 21.7 Å². The van der Waals surface area contributed by atoms with Gasteiger partial charge in [0.25, 0.3) is 0 Å². The number of aromatic nitrogens is 1. The molecule has 2 nitrogen and oxygen atoms in total. The smallest absolute Gasteiger partial charge is 0.268 e. The van der Waals surface area contributed by atoms with E-state index in [1.807, 2.05) is 0 Å². The molecule has 0 saturated carbocycles. The summed E-state index contributed by atoms with van der Waals surface area (Å²) >= 11 is 3.10. The van der Waals surface area contributed by atoms with Crippen LogP contribution in [0.1, 0.15) is 6.92 Å². The van der Waals surface area contributed by atoms with Crippen molar-refractivity contribution in [3.63, 3.8) is 0 Å². The molecule has 0 spiro atoms. The molecule has 0 radical (unpaired) electrons. The van der Waals surface area contributed by atoms with Crippen molar-refractivity contribution < 1.29 is 13.2 Å². The Morgan fingerprint density at radius 3 is 2.43 bits per heavy atom. The van der Waals surface area contributed by atoms with Gasteiger partial charge in [-0.05, 0) is 35.0 Å². The van der Waals surface area contributed by atoms with Crippen LogP contribution in [-0.4, -0.2) is 17.8 Å². The number of alkyl halides is 3. The summed E-state index contributed by atoms with van der Waals surface area (Å²) in [5.74, 6) is -0.0943. The van der Waals surface area contributed by atoms with Crippen molar-refractivity contribution in [3.05, 3.63) is 22.8 Å². The summed E-state index contributed by atoms with van der Waals surface area (Å²) in [7, 11) is 0. The van der Waals surface area contributed by atoms with E-state index in [-0.39, 0.29) is 17.3 Å². The second kappa shape index (κ2) is 4.16. The topological polar surface area (TPSA) is 16.1 Å². The predicted octanol–water partition coefficient (Wildman–Crippen LogP) is 3.19. The second-order valence-electron chi connectivity index (χ2n) is 2.55. The minimum absolute atomic E-state index is 0.0943. The quantitative estimate of drug-likeness (QED) is 0.766. The van der Waals surface area contributed by atoms with E-state index in [2.05, 4.69) is 20.9 Å². The Labute approximate surface area is 87.9 Å². The summed E-state index contributed by atoms with van der Waals surface area (Å²) in [4.78, 5) is 3.95. The van der Waals surface area contributed by atoms with Gasteiger partial charge < -0.3 is 0 Å². The molecule has 0 aromatic carbocycles. The summed E-state index contributed by atoms with van der Waals surface area (Å²) in [5, 5.41) is 0. The summed E-state index contributed by atoms with van der Waals surface area (Å²) in [6, 6.07) is 2.85. The lowest BCUT2D eigenvalue weighted by atomic mass is 10.4. The van der Waals surface area contributed by atoms with E-state index in [4.69, 9.17) is 0 Å². The van der Waals surface area contributed by atoms with Crippen molar-refractivity contribution in [2.75, 3.05) is 11.4 Å². The third kappa shape index (κ3) is 2.60. The van der Waals surface area contributed by atoms with Crippen LogP contribution in [-0.2, 0) is 0 Å². The number of hydrogen-bond donors (Lipinski definition) is 0. The lowest BCUT2D eigenvalue weighted by Crippen LogP contribution is -2.38. The minimum atomic E-state index is -4.38. The molecule has 0 saturated heterocycles. The van der Waals surface area contributed by atoms with Crippen LogP contribution in [0.5, 0.6) is 0 Å². The van der Waals surface area contributed by atoms with Crippen LogP contribution in [0.4, 0.5) is 19.0 Å². The van der Waals surface area contributed by atoms with Crippen molar-refractivity contribution in [1.82, 2.24) is 4.98 Å². The molecule has 14 heavy (non-hydrogen) atoms. The highest BCUT2D eigenvalue weighted by Crippen LogP contribution is 2.26. The monoisotopic (exact) mass is 268 g/mol. The van der Waals surface area contributed by atoms with E-state index >= 15 is 0 Å². The average molecular weight is 269 g/mol. The molecule has 0 unspecified atom stereocenters. The molecule has 1 rings (SSSR count). The summed E-state index contributed by atoms with van der Waals surface area (Å²) in [5.41, 5.74) is 0. The van der Waals surface area contributed by atoms with E-state index in [1.54, 1.807) is 0 Å². The lowest BCUT2D eigenvalue weighted by Gasteiger charge is -2.24. The Hall–Kier alpha value is -0.780. The molecular weight excluding hydrogens is 261 g/mol. The minimum Gasteiger partial charge on any atom is -0.268 e. The predicted molar refractivity (Wildman–Crippen MR) is 51.0 cm³/mol. The summed E-state index contributed by atoms with van der Waals surface area (Å²) in [6.07, 6.45) is -3.04. The first kappa shape index (κ1) is 11.3. The number of anilines is 1. The Kier molecular flexibility index (Phi) is 3.36. The molecule has 0 amide bonds. The highest BCUT2D eigenvalue weighted by molar-refractivity contribution is 9.10. The largest absolute Gasteiger partial charge is 0.486 e. The number of nitrogens with zero attached hydrogens (tertiary/aromatic N) is 2. The number of pyridine rings is 1. The maximum atomic E-state index is 12.4.